The van der Waals surface area contributed by atoms with E-state index in [9.17, 15) is 10.1 Å². The van der Waals surface area contributed by atoms with Crippen molar-refractivity contribution in [1.82, 2.24) is 5.32 Å². The van der Waals surface area contributed by atoms with Crippen LogP contribution >= 0.6 is 0 Å². The van der Waals surface area contributed by atoms with Crippen LogP contribution in [0.5, 0.6) is 0 Å². The molecule has 1 heterocycles. The molecular formula is C17H22N2O2. The number of ether oxygens (including phenoxy) is 1. The number of carbonyl (C=O) groups is 1. The molecule has 2 rings (SSSR count). The van der Waals surface area contributed by atoms with Crippen LogP contribution in [0.3, 0.4) is 0 Å². The molecule has 4 nitrogen and oxygen atoms in total. The Balaban J connectivity index is 1.93. The van der Waals surface area contributed by atoms with Crippen molar-refractivity contribution in [1.29, 1.82) is 5.26 Å². The number of carbonyl (C=O) groups excluding carboxylic acids is 1. The lowest BCUT2D eigenvalue weighted by Gasteiger charge is -2.36. The number of nitrogens with one attached hydrogen (secondary N) is 1. The maximum Gasteiger partial charge on any atom is 0.237 e. The first-order chi connectivity index (χ1) is 10.00. The summed E-state index contributed by atoms with van der Waals surface area (Å²) in [5, 5.41) is 12.3. The Morgan fingerprint density at radius 1 is 1.48 bits per heavy atom. The van der Waals surface area contributed by atoms with Crippen LogP contribution in [0.15, 0.2) is 30.3 Å². The Morgan fingerprint density at radius 2 is 2.19 bits per heavy atom. The lowest BCUT2D eigenvalue weighted by atomic mass is 9.93. The molecule has 4 heteroatoms. The second-order valence-electron chi connectivity index (χ2n) is 6.18. The summed E-state index contributed by atoms with van der Waals surface area (Å²) in [6, 6.07) is 11.9. The minimum atomic E-state index is -0.640. The van der Waals surface area contributed by atoms with Gasteiger partial charge in [0.25, 0.3) is 0 Å². The fourth-order valence-electron chi connectivity index (χ4n) is 2.70. The Hall–Kier alpha value is -1.86. The highest BCUT2D eigenvalue weighted by molar-refractivity contribution is 5.81. The molecule has 112 valence electrons. The van der Waals surface area contributed by atoms with Gasteiger partial charge in [0.2, 0.25) is 5.91 Å². The van der Waals surface area contributed by atoms with E-state index in [0.29, 0.717) is 13.0 Å². The SMILES string of the molecule is CC1(C)CC(NC(=O)C(C#N)Cc2ccccc2)CCO1. The van der Waals surface area contributed by atoms with Crippen molar-refractivity contribution in [3.05, 3.63) is 35.9 Å². The summed E-state index contributed by atoms with van der Waals surface area (Å²) in [5.74, 6) is -0.817. The van der Waals surface area contributed by atoms with Gasteiger partial charge in [0.1, 0.15) is 5.92 Å². The topological polar surface area (TPSA) is 62.1 Å². The molecule has 1 aromatic rings. The molecular weight excluding hydrogens is 264 g/mol. The number of hydrogen-bond acceptors (Lipinski definition) is 3. The van der Waals surface area contributed by atoms with Crippen molar-refractivity contribution in [2.45, 2.75) is 44.8 Å². The van der Waals surface area contributed by atoms with E-state index in [2.05, 4.69) is 11.4 Å². The molecule has 1 N–H and O–H groups in total. The maximum atomic E-state index is 12.3. The molecule has 2 atom stereocenters. The van der Waals surface area contributed by atoms with Crippen molar-refractivity contribution in [2.24, 2.45) is 5.92 Å². The molecule has 0 spiro atoms. The third-order valence-electron chi connectivity index (χ3n) is 3.80. The highest BCUT2D eigenvalue weighted by Crippen LogP contribution is 2.24. The maximum absolute atomic E-state index is 12.3. The summed E-state index contributed by atoms with van der Waals surface area (Å²) in [4.78, 5) is 12.3. The normalized spacial score (nSPS) is 22.0. The van der Waals surface area contributed by atoms with Crippen molar-refractivity contribution in [3.8, 4) is 6.07 Å². The Morgan fingerprint density at radius 3 is 2.81 bits per heavy atom. The van der Waals surface area contributed by atoms with Gasteiger partial charge < -0.3 is 10.1 Å². The van der Waals surface area contributed by atoms with Gasteiger partial charge in [-0.05, 0) is 38.7 Å². The van der Waals surface area contributed by atoms with Crippen LogP contribution in [0.1, 0.15) is 32.3 Å². The van der Waals surface area contributed by atoms with Gasteiger partial charge in [0.15, 0.2) is 0 Å². The van der Waals surface area contributed by atoms with Crippen LogP contribution in [0.2, 0.25) is 0 Å². The molecule has 1 amide bonds. The number of nitrogens with zero attached hydrogens (tertiary/aromatic N) is 1. The first kappa shape index (κ1) is 15.5. The predicted octanol–water partition coefficient (Wildman–Crippen LogP) is 2.44. The quantitative estimate of drug-likeness (QED) is 0.924. The van der Waals surface area contributed by atoms with Crippen molar-refractivity contribution >= 4 is 5.91 Å². The lowest BCUT2D eigenvalue weighted by Crippen LogP contribution is -2.47. The molecule has 1 aliphatic heterocycles. The molecule has 1 saturated heterocycles. The molecule has 2 unspecified atom stereocenters. The van der Waals surface area contributed by atoms with Crippen LogP contribution < -0.4 is 5.32 Å². The summed E-state index contributed by atoms with van der Waals surface area (Å²) in [6.45, 7) is 4.70. The van der Waals surface area contributed by atoms with Gasteiger partial charge >= 0.3 is 0 Å². The molecule has 21 heavy (non-hydrogen) atoms. The van der Waals surface area contributed by atoms with Crippen molar-refractivity contribution < 1.29 is 9.53 Å². The van der Waals surface area contributed by atoms with Gasteiger partial charge in [-0.15, -0.1) is 0 Å². The Kier molecular flexibility index (Phi) is 4.98. The molecule has 0 radical (unpaired) electrons. The van der Waals surface area contributed by atoms with Gasteiger partial charge in [-0.1, -0.05) is 30.3 Å². The fourth-order valence-corrected chi connectivity index (χ4v) is 2.70. The van der Waals surface area contributed by atoms with Crippen LogP contribution in [0.25, 0.3) is 0 Å². The minimum Gasteiger partial charge on any atom is -0.375 e. The largest absolute Gasteiger partial charge is 0.375 e. The third-order valence-corrected chi connectivity index (χ3v) is 3.80. The van der Waals surface area contributed by atoms with E-state index >= 15 is 0 Å². The van der Waals surface area contributed by atoms with E-state index in [-0.39, 0.29) is 17.6 Å². The summed E-state index contributed by atoms with van der Waals surface area (Å²) >= 11 is 0. The average molecular weight is 286 g/mol. The molecule has 0 aromatic heterocycles. The van der Waals surface area contributed by atoms with Gasteiger partial charge in [-0.3, -0.25) is 4.79 Å². The summed E-state index contributed by atoms with van der Waals surface area (Å²) in [5.41, 5.74) is 0.795. The number of benzene rings is 1. The molecule has 1 aromatic carbocycles. The van der Waals surface area contributed by atoms with E-state index < -0.39 is 5.92 Å². The Labute approximate surface area is 126 Å². The van der Waals surface area contributed by atoms with E-state index in [1.54, 1.807) is 0 Å². The van der Waals surface area contributed by atoms with Crippen LogP contribution in [-0.4, -0.2) is 24.2 Å². The van der Waals surface area contributed by atoms with E-state index in [1.807, 2.05) is 44.2 Å². The van der Waals surface area contributed by atoms with Gasteiger partial charge in [0, 0.05) is 12.6 Å². The number of amides is 1. The number of rotatable bonds is 4. The minimum absolute atomic E-state index is 0.0906. The predicted molar refractivity (Wildman–Crippen MR) is 80.4 cm³/mol. The zero-order chi connectivity index (χ0) is 15.3. The number of hydrogen-bond donors (Lipinski definition) is 1. The molecule has 1 aliphatic rings. The van der Waals surface area contributed by atoms with Crippen LogP contribution in [0.4, 0.5) is 0 Å². The van der Waals surface area contributed by atoms with E-state index in [4.69, 9.17) is 4.74 Å². The Bertz CT molecular complexity index is 519. The standard InChI is InChI=1S/C17H22N2O2/c1-17(2)11-15(8-9-21-17)19-16(20)14(12-18)10-13-6-4-3-5-7-13/h3-7,14-15H,8-11H2,1-2H3,(H,19,20). The summed E-state index contributed by atoms with van der Waals surface area (Å²) in [7, 11) is 0. The second-order valence-corrected chi connectivity index (χ2v) is 6.18. The smallest absolute Gasteiger partial charge is 0.237 e. The molecule has 0 saturated carbocycles. The van der Waals surface area contributed by atoms with E-state index in [0.717, 1.165) is 18.4 Å². The summed E-state index contributed by atoms with van der Waals surface area (Å²) in [6.07, 6.45) is 2.04. The van der Waals surface area contributed by atoms with Gasteiger partial charge in [0.05, 0.1) is 11.7 Å². The van der Waals surface area contributed by atoms with Crippen molar-refractivity contribution in [2.75, 3.05) is 6.61 Å². The monoisotopic (exact) mass is 286 g/mol. The van der Waals surface area contributed by atoms with E-state index in [1.165, 1.54) is 0 Å². The molecule has 1 fully saturated rings. The van der Waals surface area contributed by atoms with Crippen LogP contribution in [-0.2, 0) is 16.0 Å². The molecule has 0 bridgehead atoms. The number of nitriles is 1. The van der Waals surface area contributed by atoms with Gasteiger partial charge in [-0.25, -0.2) is 0 Å². The second kappa shape index (κ2) is 6.73. The third kappa shape index (κ3) is 4.57. The van der Waals surface area contributed by atoms with Crippen molar-refractivity contribution in [3.63, 3.8) is 0 Å². The fraction of sp³-hybridized carbons (Fsp3) is 0.529. The first-order valence-corrected chi connectivity index (χ1v) is 7.38. The highest BCUT2D eigenvalue weighted by atomic mass is 16.5. The lowest BCUT2D eigenvalue weighted by molar-refractivity contribution is -0.126. The van der Waals surface area contributed by atoms with Crippen LogP contribution in [0, 0.1) is 17.2 Å². The average Bonchev–Trinajstić information content (AvgIpc) is 2.44. The highest BCUT2D eigenvalue weighted by Gasteiger charge is 2.31. The zero-order valence-electron chi connectivity index (χ0n) is 12.6. The molecule has 0 aliphatic carbocycles. The van der Waals surface area contributed by atoms with Gasteiger partial charge in [-0.2, -0.15) is 5.26 Å². The summed E-state index contributed by atoms with van der Waals surface area (Å²) < 4.78 is 5.64. The zero-order valence-corrected chi connectivity index (χ0v) is 12.6. The first-order valence-electron chi connectivity index (χ1n) is 7.38.